The minimum atomic E-state index is -3.33. The van der Waals surface area contributed by atoms with Gasteiger partial charge in [-0.25, -0.2) is 8.42 Å². The molecule has 25 heavy (non-hydrogen) atoms. The van der Waals surface area contributed by atoms with Crippen LogP contribution in [0, 0.1) is 0 Å². The SMILES string of the molecule is CN(Cc1ccccc1)C(=O)C1CC(S(=O)(=O)N2CCSCC2)CN1. The Labute approximate surface area is 154 Å². The molecular formula is C17H25N3O3S2. The van der Waals surface area contributed by atoms with Crippen LogP contribution in [0.25, 0.3) is 0 Å². The number of thioether (sulfide) groups is 1. The van der Waals surface area contributed by atoms with Crippen molar-refractivity contribution in [2.75, 3.05) is 38.2 Å². The number of benzene rings is 1. The van der Waals surface area contributed by atoms with E-state index in [2.05, 4.69) is 5.32 Å². The predicted molar refractivity (Wildman–Crippen MR) is 101 cm³/mol. The first-order valence-electron chi connectivity index (χ1n) is 8.57. The van der Waals surface area contributed by atoms with Crippen molar-refractivity contribution in [3.63, 3.8) is 0 Å². The summed E-state index contributed by atoms with van der Waals surface area (Å²) in [5.41, 5.74) is 1.06. The van der Waals surface area contributed by atoms with Crippen molar-refractivity contribution in [2.24, 2.45) is 0 Å². The van der Waals surface area contributed by atoms with Gasteiger partial charge in [-0.05, 0) is 12.0 Å². The number of nitrogens with zero attached hydrogens (tertiary/aromatic N) is 2. The maximum Gasteiger partial charge on any atom is 0.239 e. The molecule has 0 radical (unpaired) electrons. The van der Waals surface area contributed by atoms with Gasteiger partial charge in [-0.3, -0.25) is 4.79 Å². The van der Waals surface area contributed by atoms with E-state index in [1.165, 1.54) is 0 Å². The van der Waals surface area contributed by atoms with Gasteiger partial charge in [0.25, 0.3) is 0 Å². The van der Waals surface area contributed by atoms with Crippen molar-refractivity contribution in [3.8, 4) is 0 Å². The lowest BCUT2D eigenvalue weighted by Gasteiger charge is -2.28. The van der Waals surface area contributed by atoms with Gasteiger partial charge in [0, 0.05) is 44.7 Å². The number of hydrogen-bond acceptors (Lipinski definition) is 5. The summed E-state index contributed by atoms with van der Waals surface area (Å²) in [5.74, 6) is 1.65. The molecule has 0 bridgehead atoms. The highest BCUT2D eigenvalue weighted by Gasteiger charge is 2.41. The van der Waals surface area contributed by atoms with Crippen molar-refractivity contribution >= 4 is 27.7 Å². The predicted octanol–water partition coefficient (Wildman–Crippen LogP) is 0.754. The Morgan fingerprint density at radius 3 is 2.64 bits per heavy atom. The Kier molecular flexibility index (Phi) is 6.04. The van der Waals surface area contributed by atoms with Crippen LogP contribution >= 0.6 is 11.8 Å². The lowest BCUT2D eigenvalue weighted by Crippen LogP contribution is -2.44. The van der Waals surface area contributed by atoms with Crippen LogP contribution in [0.4, 0.5) is 0 Å². The molecule has 2 heterocycles. The minimum absolute atomic E-state index is 0.0456. The van der Waals surface area contributed by atoms with Gasteiger partial charge in [0.05, 0.1) is 11.3 Å². The Morgan fingerprint density at radius 1 is 1.28 bits per heavy atom. The van der Waals surface area contributed by atoms with Crippen LogP contribution in [-0.2, 0) is 21.4 Å². The molecule has 1 aromatic rings. The third-order valence-corrected chi connectivity index (χ3v) is 8.01. The second-order valence-electron chi connectivity index (χ2n) is 6.55. The summed E-state index contributed by atoms with van der Waals surface area (Å²) >= 11 is 1.79. The molecule has 1 amide bonds. The van der Waals surface area contributed by atoms with E-state index in [9.17, 15) is 13.2 Å². The van der Waals surface area contributed by atoms with Crippen molar-refractivity contribution in [2.45, 2.75) is 24.3 Å². The van der Waals surface area contributed by atoms with Crippen LogP contribution < -0.4 is 5.32 Å². The van der Waals surface area contributed by atoms with E-state index >= 15 is 0 Å². The molecule has 2 saturated heterocycles. The quantitative estimate of drug-likeness (QED) is 0.813. The Balaban J connectivity index is 1.59. The molecule has 2 unspecified atom stereocenters. The molecule has 1 aromatic carbocycles. The van der Waals surface area contributed by atoms with Crippen molar-refractivity contribution < 1.29 is 13.2 Å². The first-order chi connectivity index (χ1) is 12.0. The summed E-state index contributed by atoms with van der Waals surface area (Å²) in [7, 11) is -1.56. The summed E-state index contributed by atoms with van der Waals surface area (Å²) in [6.07, 6.45) is 0.351. The van der Waals surface area contributed by atoms with Crippen LogP contribution in [0.15, 0.2) is 30.3 Å². The first-order valence-corrected chi connectivity index (χ1v) is 11.2. The van der Waals surface area contributed by atoms with Gasteiger partial charge in [-0.2, -0.15) is 16.1 Å². The summed E-state index contributed by atoms with van der Waals surface area (Å²) in [5, 5.41) is 2.61. The summed E-state index contributed by atoms with van der Waals surface area (Å²) < 4.78 is 27.1. The second kappa shape index (κ2) is 8.07. The number of rotatable bonds is 5. The number of amides is 1. The zero-order chi connectivity index (χ0) is 17.9. The van der Waals surface area contributed by atoms with Crippen LogP contribution in [0.1, 0.15) is 12.0 Å². The topological polar surface area (TPSA) is 69.7 Å². The Hall–Kier alpha value is -1.09. The van der Waals surface area contributed by atoms with Gasteiger partial charge in [0.15, 0.2) is 0 Å². The van der Waals surface area contributed by atoms with Gasteiger partial charge in [-0.15, -0.1) is 0 Å². The number of hydrogen-bond donors (Lipinski definition) is 1. The zero-order valence-electron chi connectivity index (χ0n) is 14.4. The summed E-state index contributed by atoms with van der Waals surface area (Å²) in [6.45, 7) is 2.03. The van der Waals surface area contributed by atoms with Gasteiger partial charge >= 0.3 is 0 Å². The monoisotopic (exact) mass is 383 g/mol. The molecule has 8 heteroatoms. The number of sulfonamides is 1. The molecule has 0 aliphatic carbocycles. The van der Waals surface area contributed by atoms with Crippen molar-refractivity contribution in [1.29, 1.82) is 0 Å². The van der Waals surface area contributed by atoms with Crippen molar-refractivity contribution in [3.05, 3.63) is 35.9 Å². The second-order valence-corrected chi connectivity index (χ2v) is 9.99. The van der Waals surface area contributed by atoms with E-state index in [-0.39, 0.29) is 5.91 Å². The Morgan fingerprint density at radius 2 is 1.96 bits per heavy atom. The Bertz CT molecular complexity index is 690. The fraction of sp³-hybridized carbons (Fsp3) is 0.588. The van der Waals surface area contributed by atoms with Crippen LogP contribution in [0.3, 0.4) is 0 Å². The smallest absolute Gasteiger partial charge is 0.239 e. The lowest BCUT2D eigenvalue weighted by molar-refractivity contribution is -0.132. The number of likely N-dealkylation sites (N-methyl/N-ethyl adjacent to an activating group) is 1. The van der Waals surface area contributed by atoms with E-state index < -0.39 is 21.3 Å². The average molecular weight is 384 g/mol. The van der Waals surface area contributed by atoms with Crippen LogP contribution in [0.2, 0.25) is 0 Å². The molecule has 0 saturated carbocycles. The standard InChI is InChI=1S/C17H25N3O3S2/c1-19(13-14-5-3-2-4-6-14)17(21)16-11-15(12-18-16)25(22,23)20-7-9-24-10-8-20/h2-6,15-16,18H,7-13H2,1H3. The zero-order valence-corrected chi connectivity index (χ0v) is 16.1. The molecule has 2 fully saturated rings. The lowest BCUT2D eigenvalue weighted by atomic mass is 10.1. The van der Waals surface area contributed by atoms with E-state index in [4.69, 9.17) is 0 Å². The third kappa shape index (κ3) is 4.36. The molecular weight excluding hydrogens is 358 g/mol. The van der Waals surface area contributed by atoms with E-state index in [0.717, 1.165) is 17.1 Å². The van der Waals surface area contributed by atoms with E-state index in [0.29, 0.717) is 32.6 Å². The highest BCUT2D eigenvalue weighted by Crippen LogP contribution is 2.23. The molecule has 1 N–H and O–H groups in total. The molecule has 0 aromatic heterocycles. The van der Waals surface area contributed by atoms with E-state index in [1.807, 2.05) is 30.3 Å². The van der Waals surface area contributed by atoms with Gasteiger partial charge in [-0.1, -0.05) is 30.3 Å². The molecule has 2 atom stereocenters. The molecule has 3 rings (SSSR count). The maximum absolute atomic E-state index is 12.8. The molecule has 0 spiro atoms. The third-order valence-electron chi connectivity index (χ3n) is 4.78. The van der Waals surface area contributed by atoms with Gasteiger partial charge in [0.1, 0.15) is 0 Å². The fourth-order valence-electron chi connectivity index (χ4n) is 3.33. The molecule has 2 aliphatic rings. The molecule has 138 valence electrons. The normalized spacial score (nSPS) is 25.0. The fourth-order valence-corrected chi connectivity index (χ4v) is 6.32. The number of carbonyl (C=O) groups excluding carboxylic acids is 1. The molecule has 6 nitrogen and oxygen atoms in total. The summed E-state index contributed by atoms with van der Waals surface area (Å²) in [4.78, 5) is 14.3. The highest BCUT2D eigenvalue weighted by atomic mass is 32.2. The van der Waals surface area contributed by atoms with Gasteiger partial charge in [0.2, 0.25) is 15.9 Å². The number of carbonyl (C=O) groups is 1. The summed E-state index contributed by atoms with van der Waals surface area (Å²) in [6, 6.07) is 9.37. The number of nitrogens with one attached hydrogen (secondary N) is 1. The largest absolute Gasteiger partial charge is 0.340 e. The van der Waals surface area contributed by atoms with Gasteiger partial charge < -0.3 is 10.2 Å². The highest BCUT2D eigenvalue weighted by molar-refractivity contribution is 7.99. The molecule has 2 aliphatic heterocycles. The average Bonchev–Trinajstić information content (AvgIpc) is 3.13. The van der Waals surface area contributed by atoms with E-state index in [1.54, 1.807) is 28.0 Å². The first kappa shape index (κ1) is 18.7. The van der Waals surface area contributed by atoms with Crippen LogP contribution in [0.5, 0.6) is 0 Å². The van der Waals surface area contributed by atoms with Crippen molar-refractivity contribution in [1.82, 2.24) is 14.5 Å². The minimum Gasteiger partial charge on any atom is -0.340 e. The van der Waals surface area contributed by atoms with Crippen LogP contribution in [-0.4, -0.2) is 73.0 Å². The maximum atomic E-state index is 12.8.